The summed E-state index contributed by atoms with van der Waals surface area (Å²) >= 11 is 0. The van der Waals surface area contributed by atoms with Gasteiger partial charge in [-0.15, -0.1) is 0 Å². The van der Waals surface area contributed by atoms with Gasteiger partial charge < -0.3 is 14.6 Å². The van der Waals surface area contributed by atoms with Crippen LogP contribution in [0.1, 0.15) is 46.6 Å². The van der Waals surface area contributed by atoms with Gasteiger partial charge in [-0.3, -0.25) is 0 Å². The van der Waals surface area contributed by atoms with E-state index < -0.39 is 24.4 Å². The average Bonchev–Trinajstić information content (AvgIpc) is 2.81. The number of benzene rings is 2. The number of hydrogen-bond donors (Lipinski definition) is 1. The van der Waals surface area contributed by atoms with Gasteiger partial charge in [0.1, 0.15) is 18.1 Å². The van der Waals surface area contributed by atoms with Gasteiger partial charge >= 0.3 is 12.1 Å². The summed E-state index contributed by atoms with van der Waals surface area (Å²) in [7, 11) is 1.26. The van der Waals surface area contributed by atoms with Crippen LogP contribution in [0, 0.1) is 0 Å². The second-order valence-electron chi connectivity index (χ2n) is 7.32. The normalized spacial score (nSPS) is 11.3. The Labute approximate surface area is 189 Å². The SMILES string of the molecule is CCc1cccc(CC)c1-c1cc(OC)c(COC(=O)c2ccc(O)cc2)c(C(F)(F)F)n1. The first-order valence-corrected chi connectivity index (χ1v) is 10.4. The molecular weight excluding hydrogens is 435 g/mol. The summed E-state index contributed by atoms with van der Waals surface area (Å²) in [6, 6.07) is 12.2. The summed E-state index contributed by atoms with van der Waals surface area (Å²) < 4.78 is 52.5. The number of aromatic hydroxyl groups is 1. The molecule has 0 bridgehead atoms. The van der Waals surface area contributed by atoms with Crippen molar-refractivity contribution in [1.82, 2.24) is 4.98 Å². The molecule has 0 aliphatic rings. The number of esters is 1. The lowest BCUT2D eigenvalue weighted by atomic mass is 9.94. The second-order valence-corrected chi connectivity index (χ2v) is 7.32. The van der Waals surface area contributed by atoms with E-state index in [0.717, 1.165) is 11.1 Å². The maximum Gasteiger partial charge on any atom is 0.433 e. The van der Waals surface area contributed by atoms with Gasteiger partial charge in [-0.05, 0) is 48.2 Å². The molecule has 0 spiro atoms. The second kappa shape index (κ2) is 9.94. The Bertz CT molecular complexity index is 1120. The minimum atomic E-state index is -4.79. The Hall–Kier alpha value is -3.55. The predicted octanol–water partition coefficient (Wildman–Crippen LogP) is 5.96. The average molecular weight is 459 g/mol. The highest BCUT2D eigenvalue weighted by Crippen LogP contribution is 2.39. The number of ether oxygens (including phenoxy) is 2. The van der Waals surface area contributed by atoms with E-state index in [9.17, 15) is 23.1 Å². The Balaban J connectivity index is 2.07. The summed E-state index contributed by atoms with van der Waals surface area (Å²) in [5.41, 5.74) is 1.12. The number of phenols is 1. The number of carbonyl (C=O) groups excluding carboxylic acids is 1. The molecule has 0 fully saturated rings. The molecule has 33 heavy (non-hydrogen) atoms. The zero-order valence-electron chi connectivity index (χ0n) is 18.5. The van der Waals surface area contributed by atoms with Gasteiger partial charge in [0, 0.05) is 11.6 Å². The molecule has 5 nitrogen and oxygen atoms in total. The summed E-state index contributed by atoms with van der Waals surface area (Å²) in [6.07, 6.45) is -3.54. The van der Waals surface area contributed by atoms with Gasteiger partial charge in [-0.2, -0.15) is 13.2 Å². The largest absolute Gasteiger partial charge is 0.508 e. The van der Waals surface area contributed by atoms with Crippen LogP contribution >= 0.6 is 0 Å². The van der Waals surface area contributed by atoms with Crippen LogP contribution in [-0.4, -0.2) is 23.2 Å². The van der Waals surface area contributed by atoms with E-state index in [1.807, 2.05) is 32.0 Å². The smallest absolute Gasteiger partial charge is 0.433 e. The summed E-state index contributed by atoms with van der Waals surface area (Å²) in [5, 5.41) is 9.33. The van der Waals surface area contributed by atoms with Crippen molar-refractivity contribution in [2.24, 2.45) is 0 Å². The van der Waals surface area contributed by atoms with E-state index in [0.29, 0.717) is 18.4 Å². The van der Waals surface area contributed by atoms with E-state index >= 15 is 0 Å². The number of rotatable bonds is 7. The van der Waals surface area contributed by atoms with Crippen molar-refractivity contribution in [3.8, 4) is 22.8 Å². The molecule has 1 aromatic heterocycles. The fraction of sp³-hybridized carbons (Fsp3) is 0.280. The van der Waals surface area contributed by atoms with Gasteiger partial charge in [0.05, 0.1) is 23.9 Å². The number of methoxy groups -OCH3 is 1. The van der Waals surface area contributed by atoms with Gasteiger partial charge in [0.15, 0.2) is 5.69 Å². The number of alkyl halides is 3. The number of aryl methyl sites for hydroxylation is 2. The molecule has 174 valence electrons. The molecule has 0 amide bonds. The first-order valence-electron chi connectivity index (χ1n) is 10.4. The third-order valence-electron chi connectivity index (χ3n) is 5.28. The lowest BCUT2D eigenvalue weighted by Gasteiger charge is -2.19. The number of halogens is 3. The maximum atomic E-state index is 14.0. The van der Waals surface area contributed by atoms with Crippen LogP contribution in [0.2, 0.25) is 0 Å². The molecule has 3 aromatic rings. The number of phenolic OH excluding ortho intramolecular Hbond substituents is 1. The third kappa shape index (κ3) is 5.27. The van der Waals surface area contributed by atoms with Crippen LogP contribution in [0.5, 0.6) is 11.5 Å². The number of aromatic nitrogens is 1. The summed E-state index contributed by atoms with van der Waals surface area (Å²) in [5.74, 6) is -0.955. The molecule has 2 aromatic carbocycles. The molecule has 1 N–H and O–H groups in total. The number of pyridine rings is 1. The Morgan fingerprint density at radius 1 is 1.03 bits per heavy atom. The Kier molecular flexibility index (Phi) is 7.26. The van der Waals surface area contributed by atoms with Gasteiger partial charge in [0.2, 0.25) is 0 Å². The van der Waals surface area contributed by atoms with Crippen LogP contribution in [0.15, 0.2) is 48.5 Å². The molecule has 0 radical (unpaired) electrons. The maximum absolute atomic E-state index is 14.0. The number of carbonyl (C=O) groups is 1. The summed E-state index contributed by atoms with van der Waals surface area (Å²) in [6.45, 7) is 3.18. The third-order valence-corrected chi connectivity index (χ3v) is 5.28. The fourth-order valence-corrected chi connectivity index (χ4v) is 3.62. The van der Waals surface area contributed by atoms with E-state index in [4.69, 9.17) is 9.47 Å². The first kappa shape index (κ1) is 24.1. The van der Waals surface area contributed by atoms with Crippen molar-refractivity contribution in [3.63, 3.8) is 0 Å². The Morgan fingerprint density at radius 2 is 1.64 bits per heavy atom. The molecule has 0 atom stereocenters. The topological polar surface area (TPSA) is 68.7 Å². The van der Waals surface area contributed by atoms with Crippen molar-refractivity contribution in [3.05, 3.63) is 76.5 Å². The highest BCUT2D eigenvalue weighted by molar-refractivity contribution is 5.89. The standard InChI is InChI=1S/C25H24F3NO4/c1-4-15-7-6-8-16(5-2)22(15)20-13-21(32-3)19(23(29-20)25(26,27)28)14-33-24(31)17-9-11-18(30)12-10-17/h6-13,30H,4-5,14H2,1-3H3. The quantitative estimate of drug-likeness (QED) is 0.442. The van der Waals surface area contributed by atoms with E-state index in [2.05, 4.69) is 4.98 Å². The predicted molar refractivity (Wildman–Crippen MR) is 117 cm³/mol. The molecule has 0 saturated heterocycles. The van der Waals surface area contributed by atoms with Crippen molar-refractivity contribution >= 4 is 5.97 Å². The highest BCUT2D eigenvalue weighted by Gasteiger charge is 2.38. The van der Waals surface area contributed by atoms with E-state index in [-0.39, 0.29) is 28.3 Å². The van der Waals surface area contributed by atoms with Crippen LogP contribution in [0.3, 0.4) is 0 Å². The van der Waals surface area contributed by atoms with Gasteiger partial charge in [-0.1, -0.05) is 32.0 Å². The number of hydrogen-bond acceptors (Lipinski definition) is 5. The zero-order chi connectivity index (χ0) is 24.2. The molecule has 0 saturated carbocycles. The molecule has 0 unspecified atom stereocenters. The van der Waals surface area contributed by atoms with Crippen LogP contribution in [0.4, 0.5) is 13.2 Å². The zero-order valence-corrected chi connectivity index (χ0v) is 18.5. The minimum Gasteiger partial charge on any atom is -0.508 e. The van der Waals surface area contributed by atoms with Crippen LogP contribution in [0.25, 0.3) is 11.3 Å². The van der Waals surface area contributed by atoms with Crippen LogP contribution in [-0.2, 0) is 30.4 Å². The molecule has 0 aliphatic carbocycles. The van der Waals surface area contributed by atoms with Gasteiger partial charge in [-0.25, -0.2) is 9.78 Å². The highest BCUT2D eigenvalue weighted by atomic mass is 19.4. The molecular formula is C25H24F3NO4. The fourth-order valence-electron chi connectivity index (χ4n) is 3.62. The molecule has 8 heteroatoms. The molecule has 1 heterocycles. The van der Waals surface area contributed by atoms with E-state index in [1.165, 1.54) is 37.4 Å². The monoisotopic (exact) mass is 459 g/mol. The van der Waals surface area contributed by atoms with Gasteiger partial charge in [0.25, 0.3) is 0 Å². The summed E-state index contributed by atoms with van der Waals surface area (Å²) in [4.78, 5) is 16.3. The minimum absolute atomic E-state index is 0.0498. The van der Waals surface area contributed by atoms with Crippen molar-refractivity contribution in [2.75, 3.05) is 7.11 Å². The van der Waals surface area contributed by atoms with Crippen LogP contribution < -0.4 is 4.74 Å². The van der Waals surface area contributed by atoms with E-state index in [1.54, 1.807) is 0 Å². The first-order chi connectivity index (χ1) is 15.7. The van der Waals surface area contributed by atoms with Crippen molar-refractivity contribution in [1.29, 1.82) is 0 Å². The van der Waals surface area contributed by atoms with Crippen molar-refractivity contribution in [2.45, 2.75) is 39.5 Å². The number of nitrogens with zero attached hydrogens (tertiary/aromatic N) is 1. The Morgan fingerprint density at radius 3 is 2.15 bits per heavy atom. The lowest BCUT2D eigenvalue weighted by Crippen LogP contribution is -2.16. The molecule has 3 rings (SSSR count). The lowest BCUT2D eigenvalue weighted by molar-refractivity contribution is -0.142. The van der Waals surface area contributed by atoms with Crippen molar-refractivity contribution < 1.29 is 32.5 Å². The molecule has 0 aliphatic heterocycles.